The number of methoxy groups -OCH3 is 1. The van der Waals surface area contributed by atoms with Crippen LogP contribution in [0, 0.1) is 17.3 Å². The van der Waals surface area contributed by atoms with Gasteiger partial charge in [-0.25, -0.2) is 9.97 Å². The molecule has 192 valence electrons. The van der Waals surface area contributed by atoms with Crippen molar-refractivity contribution in [2.24, 2.45) is 5.41 Å². The minimum absolute atomic E-state index is 0. The van der Waals surface area contributed by atoms with E-state index >= 15 is 0 Å². The summed E-state index contributed by atoms with van der Waals surface area (Å²) >= 11 is 6.50. The van der Waals surface area contributed by atoms with Crippen molar-refractivity contribution in [1.82, 2.24) is 20.3 Å². The fraction of sp³-hybridized carbons (Fsp3) is 0.407. The summed E-state index contributed by atoms with van der Waals surface area (Å²) < 4.78 is 10.7. The number of hydrogen-bond donors (Lipinski definition) is 2. The van der Waals surface area contributed by atoms with E-state index in [2.05, 4.69) is 37.4 Å². The highest BCUT2D eigenvalue weighted by Gasteiger charge is 2.47. The van der Waals surface area contributed by atoms with Crippen molar-refractivity contribution in [3.05, 3.63) is 46.7 Å². The van der Waals surface area contributed by atoms with Gasteiger partial charge in [0.05, 0.1) is 28.9 Å². The van der Waals surface area contributed by atoms with Gasteiger partial charge in [-0.05, 0) is 56.7 Å². The third-order valence-electron chi connectivity index (χ3n) is 7.73. The van der Waals surface area contributed by atoms with Crippen molar-refractivity contribution >= 4 is 46.8 Å². The summed E-state index contributed by atoms with van der Waals surface area (Å²) in [7, 11) is 1.59. The molecule has 1 aliphatic heterocycles. The van der Waals surface area contributed by atoms with E-state index in [1.807, 2.05) is 18.2 Å². The molecule has 2 bridgehead atoms. The summed E-state index contributed by atoms with van der Waals surface area (Å²) in [4.78, 5) is 25.1. The smallest absolute Gasteiger partial charge is 0.263 e. The van der Waals surface area contributed by atoms with E-state index in [0.717, 1.165) is 49.7 Å². The first-order chi connectivity index (χ1) is 17.5. The van der Waals surface area contributed by atoms with Crippen molar-refractivity contribution in [2.45, 2.75) is 50.6 Å². The number of carbonyl (C=O) groups excluding carboxylic acids is 1. The predicted molar refractivity (Wildman–Crippen MR) is 143 cm³/mol. The lowest BCUT2D eigenvalue weighted by molar-refractivity contribution is -0.118. The van der Waals surface area contributed by atoms with Crippen molar-refractivity contribution < 1.29 is 14.3 Å². The number of carbonyl (C=O) groups is 1. The Bertz CT molecular complexity index is 1410. The normalized spacial score (nSPS) is 23.7. The molecule has 3 saturated carbocycles. The molecule has 8 nitrogen and oxygen atoms in total. The molecule has 4 heterocycles. The molecule has 0 spiro atoms. The Morgan fingerprint density at radius 2 is 1.92 bits per heavy atom. The van der Waals surface area contributed by atoms with Gasteiger partial charge in [0.1, 0.15) is 5.52 Å². The molecule has 3 aliphatic carbocycles. The largest absolute Gasteiger partial charge is 0.481 e. The van der Waals surface area contributed by atoms with Crippen molar-refractivity contribution in [2.75, 3.05) is 19.0 Å². The molecule has 2 N–H and O–H groups in total. The molecule has 0 unspecified atom stereocenters. The second kappa shape index (κ2) is 9.97. The lowest BCUT2D eigenvalue weighted by Gasteiger charge is -2.51. The lowest BCUT2D eigenvalue weighted by Crippen LogP contribution is -2.54. The molecule has 7 rings (SSSR count). The van der Waals surface area contributed by atoms with E-state index in [-0.39, 0.29) is 35.9 Å². The van der Waals surface area contributed by atoms with Crippen LogP contribution in [-0.2, 0) is 11.3 Å². The first kappa shape index (κ1) is 25.5. The van der Waals surface area contributed by atoms with E-state index in [9.17, 15) is 4.79 Å². The quantitative estimate of drug-likeness (QED) is 0.464. The fourth-order valence-electron chi connectivity index (χ4n) is 5.47. The number of hydrogen-bond acceptors (Lipinski definition) is 7. The Kier molecular flexibility index (Phi) is 6.88. The van der Waals surface area contributed by atoms with Gasteiger partial charge in [0.2, 0.25) is 5.88 Å². The van der Waals surface area contributed by atoms with Gasteiger partial charge in [-0.15, -0.1) is 12.4 Å². The first-order valence-electron chi connectivity index (χ1n) is 12.2. The number of ether oxygens (including phenoxy) is 2. The van der Waals surface area contributed by atoms with Crippen LogP contribution in [0.4, 0.5) is 5.82 Å². The molecule has 37 heavy (non-hydrogen) atoms. The van der Waals surface area contributed by atoms with Gasteiger partial charge in [0, 0.05) is 29.8 Å². The monoisotopic (exact) mass is 539 g/mol. The molecular weight excluding hydrogens is 513 g/mol. The number of anilines is 1. The summed E-state index contributed by atoms with van der Waals surface area (Å²) in [6.45, 7) is 0.683. The van der Waals surface area contributed by atoms with Crippen molar-refractivity contribution in [3.63, 3.8) is 0 Å². The van der Waals surface area contributed by atoms with E-state index in [4.69, 9.17) is 21.1 Å². The topological polar surface area (TPSA) is 98.3 Å². The van der Waals surface area contributed by atoms with Crippen LogP contribution in [0.2, 0.25) is 5.02 Å². The Morgan fingerprint density at radius 1 is 1.14 bits per heavy atom. The number of rotatable bonds is 4. The van der Waals surface area contributed by atoms with Gasteiger partial charge in [-0.1, -0.05) is 23.4 Å². The molecule has 10 heteroatoms. The Balaban J connectivity index is 0.00000280. The van der Waals surface area contributed by atoms with Crippen LogP contribution in [0.1, 0.15) is 49.8 Å². The number of nitrogens with one attached hydrogen (secondary N) is 2. The number of fused-ring (bicyclic) bond motifs is 5. The third-order valence-corrected chi connectivity index (χ3v) is 8.01. The van der Waals surface area contributed by atoms with E-state index < -0.39 is 0 Å². The molecule has 0 saturated heterocycles. The Hall–Kier alpha value is -3.12. The van der Waals surface area contributed by atoms with Gasteiger partial charge >= 0.3 is 0 Å². The second-order valence-corrected chi connectivity index (χ2v) is 10.3. The molecule has 0 radical (unpaired) electrons. The standard InChI is InChI=1S/C27H26ClN5O3.ClH/c1-35-23-5-3-20-24(33-23)18(19(28)15-29-20)6-7-26-8-11-27(12-9-26,13-10-26)30-14-17-2-4-21-25(31-17)32-22(34)16-36-21;/h2-5,15,30H,8-14,16H2,1H3,(H,31,32,34);1H. The molecular formula is C27H27Cl2N5O3. The maximum Gasteiger partial charge on any atom is 0.263 e. The average Bonchev–Trinajstić information content (AvgIpc) is 2.92. The highest BCUT2D eigenvalue weighted by atomic mass is 35.5. The lowest BCUT2D eigenvalue weighted by atomic mass is 9.57. The van der Waals surface area contributed by atoms with E-state index in [1.54, 1.807) is 19.4 Å². The Morgan fingerprint density at radius 3 is 2.68 bits per heavy atom. The van der Waals surface area contributed by atoms with Gasteiger partial charge in [-0.2, -0.15) is 0 Å². The molecule has 3 fully saturated rings. The van der Waals surface area contributed by atoms with Crippen LogP contribution in [0.15, 0.2) is 30.5 Å². The molecule has 4 aliphatic rings. The van der Waals surface area contributed by atoms with Crippen LogP contribution in [0.25, 0.3) is 11.0 Å². The summed E-state index contributed by atoms with van der Waals surface area (Å²) in [5.74, 6) is 8.44. The maximum atomic E-state index is 11.6. The number of halogens is 2. The van der Waals surface area contributed by atoms with Gasteiger partial charge in [-0.3, -0.25) is 9.78 Å². The molecule has 3 aromatic heterocycles. The molecule has 1 amide bonds. The van der Waals surface area contributed by atoms with Crippen molar-refractivity contribution in [3.8, 4) is 23.5 Å². The molecule has 0 aromatic carbocycles. The fourth-order valence-corrected chi connectivity index (χ4v) is 5.66. The van der Waals surface area contributed by atoms with Crippen LogP contribution in [-0.4, -0.2) is 40.1 Å². The highest BCUT2D eigenvalue weighted by Crippen LogP contribution is 2.52. The number of pyridine rings is 3. The summed E-state index contributed by atoms with van der Waals surface area (Å²) in [5.41, 5.74) is 3.11. The molecule has 0 atom stereocenters. The van der Waals surface area contributed by atoms with Gasteiger partial charge in [0.15, 0.2) is 18.2 Å². The Labute approximate surface area is 226 Å². The van der Waals surface area contributed by atoms with Gasteiger partial charge in [0.25, 0.3) is 5.91 Å². The minimum Gasteiger partial charge on any atom is -0.481 e. The zero-order valence-electron chi connectivity index (χ0n) is 20.4. The van der Waals surface area contributed by atoms with Crippen molar-refractivity contribution in [1.29, 1.82) is 0 Å². The van der Waals surface area contributed by atoms with Gasteiger partial charge < -0.3 is 20.1 Å². The zero-order valence-corrected chi connectivity index (χ0v) is 22.0. The highest BCUT2D eigenvalue weighted by molar-refractivity contribution is 6.32. The maximum absolute atomic E-state index is 11.6. The zero-order chi connectivity index (χ0) is 24.8. The van der Waals surface area contributed by atoms with Crippen LogP contribution >= 0.6 is 24.0 Å². The minimum atomic E-state index is -0.174. The summed E-state index contributed by atoms with van der Waals surface area (Å²) in [6.07, 6.45) is 7.92. The van der Waals surface area contributed by atoms with Crippen LogP contribution in [0.3, 0.4) is 0 Å². The number of nitrogens with zero attached hydrogens (tertiary/aromatic N) is 3. The third kappa shape index (κ3) is 4.91. The van der Waals surface area contributed by atoms with E-state index in [1.165, 1.54) is 0 Å². The second-order valence-electron chi connectivity index (χ2n) is 9.85. The summed E-state index contributed by atoms with van der Waals surface area (Å²) in [6, 6.07) is 7.49. The van der Waals surface area contributed by atoms with Crippen LogP contribution < -0.4 is 20.1 Å². The number of aromatic nitrogens is 3. The summed E-state index contributed by atoms with van der Waals surface area (Å²) in [5, 5.41) is 7.07. The predicted octanol–water partition coefficient (Wildman–Crippen LogP) is 4.67. The number of amides is 1. The van der Waals surface area contributed by atoms with Crippen LogP contribution in [0.5, 0.6) is 11.6 Å². The first-order valence-corrected chi connectivity index (χ1v) is 12.5. The SMILES string of the molecule is COc1ccc2ncc(Cl)c(C#CC34CCC(NCc5ccc6c(n5)NC(=O)CO6)(CC3)CC4)c2n1.Cl. The molecule has 3 aromatic rings. The van der Waals surface area contributed by atoms with E-state index in [0.29, 0.717) is 40.1 Å². The average molecular weight is 540 g/mol.